The Bertz CT molecular complexity index is 723. The highest BCUT2D eigenvalue weighted by Gasteiger charge is 2.12. The van der Waals surface area contributed by atoms with Crippen LogP contribution < -0.4 is 10.1 Å². The van der Waals surface area contributed by atoms with Crippen molar-refractivity contribution in [2.45, 2.75) is 6.54 Å². The van der Waals surface area contributed by atoms with Crippen LogP contribution in [0.1, 0.15) is 5.56 Å². The van der Waals surface area contributed by atoms with Gasteiger partial charge in [0.25, 0.3) is 0 Å². The quantitative estimate of drug-likeness (QED) is 0.294. The fourth-order valence-corrected chi connectivity index (χ4v) is 1.79. The van der Waals surface area contributed by atoms with E-state index in [-0.39, 0.29) is 5.69 Å². The van der Waals surface area contributed by atoms with Gasteiger partial charge in [-0.05, 0) is 11.6 Å². The van der Waals surface area contributed by atoms with Gasteiger partial charge >= 0.3 is 17.6 Å². The Hall–Kier alpha value is -3.46. The minimum absolute atomic E-state index is 0.00411. The summed E-state index contributed by atoms with van der Waals surface area (Å²) in [5.41, 5.74) is 1.19. The first kappa shape index (κ1) is 20.6. The van der Waals surface area contributed by atoms with E-state index in [0.717, 1.165) is 6.54 Å². The van der Waals surface area contributed by atoms with Crippen LogP contribution in [0, 0.1) is 10.1 Å². The molecule has 0 saturated heterocycles. The molecule has 9 nitrogen and oxygen atoms in total. The van der Waals surface area contributed by atoms with E-state index in [4.69, 9.17) is 24.5 Å². The summed E-state index contributed by atoms with van der Waals surface area (Å²) in [6, 6.07) is 16.4. The van der Waals surface area contributed by atoms with Crippen molar-refractivity contribution in [1.29, 1.82) is 0 Å². The van der Waals surface area contributed by atoms with Gasteiger partial charge in [0.2, 0.25) is 0 Å². The molecule has 0 radical (unpaired) electrons. The molecule has 2 rings (SSSR count). The Morgan fingerprint density at radius 1 is 1.00 bits per heavy atom. The number of nitrogens with zero attached hydrogens (tertiary/aromatic N) is 1. The molecular weight excluding hydrogens is 344 g/mol. The van der Waals surface area contributed by atoms with Crippen LogP contribution in [0.2, 0.25) is 0 Å². The molecule has 0 spiro atoms. The lowest BCUT2D eigenvalue weighted by atomic mass is 10.2. The smallest absolute Gasteiger partial charge is 0.414 e. The number of hydrogen-bond donors (Lipinski definition) is 3. The average molecular weight is 362 g/mol. The number of carboxylic acids is 2. The number of ether oxygens (including phenoxy) is 1. The Balaban J connectivity index is 0.000000487. The van der Waals surface area contributed by atoms with Gasteiger partial charge in [0, 0.05) is 19.2 Å². The number of nitro groups is 1. The molecule has 0 heterocycles. The second-order valence-corrected chi connectivity index (χ2v) is 4.85. The fourth-order valence-electron chi connectivity index (χ4n) is 1.79. The molecule has 2 aromatic carbocycles. The highest BCUT2D eigenvalue weighted by atomic mass is 16.6. The molecule has 0 bridgehead atoms. The molecule has 3 N–H and O–H groups in total. The summed E-state index contributed by atoms with van der Waals surface area (Å²) in [7, 11) is 0. The molecule has 0 fully saturated rings. The standard InChI is InChI=1S/C15H16N2O3.C2H2O4/c18-17(19)14-8-4-5-9-15(14)20-11-10-16-12-13-6-2-1-3-7-13;3-1(4)2(5)6/h1-9,16H,10-12H2;(H,3,4)(H,5,6). The van der Waals surface area contributed by atoms with Crippen LogP contribution >= 0.6 is 0 Å². The van der Waals surface area contributed by atoms with E-state index in [0.29, 0.717) is 18.9 Å². The van der Waals surface area contributed by atoms with Crippen LogP contribution in [0.3, 0.4) is 0 Å². The van der Waals surface area contributed by atoms with Gasteiger partial charge in [0.1, 0.15) is 6.61 Å². The Labute approximate surface area is 149 Å². The third-order valence-corrected chi connectivity index (χ3v) is 2.95. The molecule has 138 valence electrons. The second kappa shape index (κ2) is 11.2. The summed E-state index contributed by atoms with van der Waals surface area (Å²) < 4.78 is 5.43. The van der Waals surface area contributed by atoms with Gasteiger partial charge in [-0.1, -0.05) is 42.5 Å². The molecule has 0 saturated carbocycles. The second-order valence-electron chi connectivity index (χ2n) is 4.85. The van der Waals surface area contributed by atoms with Crippen molar-refractivity contribution in [3.63, 3.8) is 0 Å². The molecule has 0 aliphatic carbocycles. The van der Waals surface area contributed by atoms with Crippen molar-refractivity contribution in [3.8, 4) is 5.75 Å². The monoisotopic (exact) mass is 362 g/mol. The van der Waals surface area contributed by atoms with Gasteiger partial charge in [0.15, 0.2) is 5.75 Å². The number of aliphatic carboxylic acids is 2. The van der Waals surface area contributed by atoms with E-state index < -0.39 is 16.9 Å². The van der Waals surface area contributed by atoms with Gasteiger partial charge < -0.3 is 20.3 Å². The number of benzene rings is 2. The first-order chi connectivity index (χ1) is 12.4. The SMILES string of the molecule is O=C(O)C(=O)O.O=[N+]([O-])c1ccccc1OCCNCc1ccccc1. The van der Waals surface area contributed by atoms with Crippen molar-refractivity contribution >= 4 is 17.6 Å². The first-order valence-corrected chi connectivity index (χ1v) is 7.49. The van der Waals surface area contributed by atoms with E-state index in [2.05, 4.69) is 5.32 Å². The predicted octanol–water partition coefficient (Wildman–Crippen LogP) is 1.92. The van der Waals surface area contributed by atoms with Crippen molar-refractivity contribution in [2.75, 3.05) is 13.2 Å². The third kappa shape index (κ3) is 7.88. The Kier molecular flexibility index (Phi) is 8.83. The highest BCUT2D eigenvalue weighted by Crippen LogP contribution is 2.25. The summed E-state index contributed by atoms with van der Waals surface area (Å²) in [6.45, 7) is 1.76. The maximum Gasteiger partial charge on any atom is 0.414 e. The Morgan fingerprint density at radius 3 is 2.15 bits per heavy atom. The molecule has 0 atom stereocenters. The lowest BCUT2D eigenvalue weighted by Crippen LogP contribution is -2.20. The van der Waals surface area contributed by atoms with Crippen LogP contribution in [-0.4, -0.2) is 40.2 Å². The molecule has 0 aliphatic rings. The molecule has 26 heavy (non-hydrogen) atoms. The number of rotatable bonds is 7. The molecular formula is C17H18N2O7. The van der Waals surface area contributed by atoms with Gasteiger partial charge in [-0.2, -0.15) is 0 Å². The summed E-state index contributed by atoms with van der Waals surface area (Å²) in [6.07, 6.45) is 0. The minimum atomic E-state index is -1.82. The summed E-state index contributed by atoms with van der Waals surface area (Å²) >= 11 is 0. The average Bonchev–Trinajstić information content (AvgIpc) is 2.63. The minimum Gasteiger partial charge on any atom is -0.485 e. The van der Waals surface area contributed by atoms with Crippen molar-refractivity contribution in [1.82, 2.24) is 5.32 Å². The zero-order valence-corrected chi connectivity index (χ0v) is 13.7. The van der Waals surface area contributed by atoms with E-state index >= 15 is 0 Å². The van der Waals surface area contributed by atoms with E-state index in [1.807, 2.05) is 30.3 Å². The lowest BCUT2D eigenvalue weighted by molar-refractivity contribution is -0.385. The zero-order valence-electron chi connectivity index (χ0n) is 13.7. The number of nitro benzene ring substituents is 1. The van der Waals surface area contributed by atoms with E-state index in [1.54, 1.807) is 18.2 Å². The zero-order chi connectivity index (χ0) is 19.4. The van der Waals surface area contributed by atoms with Gasteiger partial charge in [-0.25, -0.2) is 9.59 Å². The van der Waals surface area contributed by atoms with E-state index in [1.165, 1.54) is 11.6 Å². The summed E-state index contributed by atoms with van der Waals surface area (Å²) in [5, 5.41) is 28.8. The Morgan fingerprint density at radius 2 is 1.58 bits per heavy atom. The van der Waals surface area contributed by atoms with Crippen LogP contribution in [0.15, 0.2) is 54.6 Å². The topological polar surface area (TPSA) is 139 Å². The van der Waals surface area contributed by atoms with Gasteiger partial charge in [0.05, 0.1) is 4.92 Å². The van der Waals surface area contributed by atoms with E-state index in [9.17, 15) is 10.1 Å². The fraction of sp³-hybridized carbons (Fsp3) is 0.176. The summed E-state index contributed by atoms with van der Waals surface area (Å²) in [4.78, 5) is 28.6. The normalized spacial score (nSPS) is 9.54. The number of nitrogens with one attached hydrogen (secondary N) is 1. The lowest BCUT2D eigenvalue weighted by Gasteiger charge is -2.07. The van der Waals surface area contributed by atoms with Crippen LogP contribution in [0.4, 0.5) is 5.69 Å². The largest absolute Gasteiger partial charge is 0.485 e. The maximum absolute atomic E-state index is 10.8. The maximum atomic E-state index is 10.8. The first-order valence-electron chi connectivity index (χ1n) is 7.49. The molecule has 0 aliphatic heterocycles. The molecule has 0 aromatic heterocycles. The van der Waals surface area contributed by atoms with Crippen LogP contribution in [-0.2, 0) is 16.1 Å². The third-order valence-electron chi connectivity index (χ3n) is 2.95. The summed E-state index contributed by atoms with van der Waals surface area (Å²) in [5.74, 6) is -3.34. The van der Waals surface area contributed by atoms with Crippen LogP contribution in [0.5, 0.6) is 5.75 Å². The van der Waals surface area contributed by atoms with Gasteiger partial charge in [-0.3, -0.25) is 10.1 Å². The molecule has 0 amide bonds. The van der Waals surface area contributed by atoms with Crippen molar-refractivity contribution in [2.24, 2.45) is 0 Å². The molecule has 9 heteroatoms. The van der Waals surface area contributed by atoms with Crippen LogP contribution in [0.25, 0.3) is 0 Å². The molecule has 2 aromatic rings. The van der Waals surface area contributed by atoms with Gasteiger partial charge in [-0.15, -0.1) is 0 Å². The number of carbonyl (C=O) groups is 2. The number of hydrogen-bond acceptors (Lipinski definition) is 6. The van der Waals surface area contributed by atoms with Crippen molar-refractivity contribution in [3.05, 3.63) is 70.3 Å². The number of carboxylic acid groups (broad SMARTS) is 2. The van der Waals surface area contributed by atoms with Crippen molar-refractivity contribution < 1.29 is 29.5 Å². The molecule has 0 unspecified atom stereocenters. The predicted molar refractivity (Wildman–Crippen MR) is 92.0 cm³/mol. The highest BCUT2D eigenvalue weighted by molar-refractivity contribution is 6.27. The number of para-hydroxylation sites is 2.